The molecule has 0 radical (unpaired) electrons. The van der Waals surface area contributed by atoms with Gasteiger partial charge < -0.3 is 10.1 Å². The standard InChI is InChI=1S/C14H20FNO2/c1-4-5-14(17)16-9-11-6-7-13(12(15)8-11)18-10(2)3/h6-8,10H,4-5,9H2,1-3H3,(H,16,17). The molecule has 0 saturated carbocycles. The number of carbonyl (C=O) groups is 1. The van der Waals surface area contributed by atoms with Gasteiger partial charge in [-0.25, -0.2) is 4.39 Å². The molecule has 0 saturated heterocycles. The van der Waals surface area contributed by atoms with E-state index in [1.807, 2.05) is 20.8 Å². The zero-order valence-corrected chi connectivity index (χ0v) is 11.1. The van der Waals surface area contributed by atoms with Crippen LogP contribution in [0.5, 0.6) is 5.75 Å². The van der Waals surface area contributed by atoms with E-state index in [1.54, 1.807) is 12.1 Å². The molecule has 1 aromatic carbocycles. The van der Waals surface area contributed by atoms with Gasteiger partial charge in [0.2, 0.25) is 5.91 Å². The van der Waals surface area contributed by atoms with Gasteiger partial charge in [-0.3, -0.25) is 4.79 Å². The van der Waals surface area contributed by atoms with E-state index in [2.05, 4.69) is 5.32 Å². The highest BCUT2D eigenvalue weighted by atomic mass is 19.1. The van der Waals surface area contributed by atoms with Crippen LogP contribution in [-0.2, 0) is 11.3 Å². The van der Waals surface area contributed by atoms with Crippen molar-refractivity contribution in [1.82, 2.24) is 5.32 Å². The molecular weight excluding hydrogens is 233 g/mol. The van der Waals surface area contributed by atoms with E-state index in [0.717, 1.165) is 12.0 Å². The molecule has 1 amide bonds. The van der Waals surface area contributed by atoms with Crippen molar-refractivity contribution in [2.45, 2.75) is 46.3 Å². The number of hydrogen-bond acceptors (Lipinski definition) is 2. The monoisotopic (exact) mass is 253 g/mol. The Morgan fingerprint density at radius 2 is 2.17 bits per heavy atom. The van der Waals surface area contributed by atoms with Gasteiger partial charge in [0.05, 0.1) is 6.10 Å². The second kappa shape index (κ2) is 6.99. The summed E-state index contributed by atoms with van der Waals surface area (Å²) in [6, 6.07) is 4.74. The summed E-state index contributed by atoms with van der Waals surface area (Å²) in [5, 5.41) is 2.74. The van der Waals surface area contributed by atoms with Gasteiger partial charge in [0.1, 0.15) is 0 Å². The number of ether oxygens (including phenoxy) is 1. The molecule has 1 rings (SSSR count). The molecule has 0 unspecified atom stereocenters. The summed E-state index contributed by atoms with van der Waals surface area (Å²) < 4.78 is 18.9. The maximum Gasteiger partial charge on any atom is 0.220 e. The van der Waals surface area contributed by atoms with Crippen LogP contribution in [0.25, 0.3) is 0 Å². The zero-order valence-electron chi connectivity index (χ0n) is 11.1. The Kier molecular flexibility index (Phi) is 5.62. The maximum absolute atomic E-state index is 13.6. The third-order valence-electron chi connectivity index (χ3n) is 2.33. The van der Waals surface area contributed by atoms with E-state index in [0.29, 0.717) is 13.0 Å². The molecule has 0 atom stereocenters. The number of hydrogen-bond donors (Lipinski definition) is 1. The molecule has 0 aromatic heterocycles. The quantitative estimate of drug-likeness (QED) is 0.846. The van der Waals surface area contributed by atoms with E-state index in [9.17, 15) is 9.18 Å². The lowest BCUT2D eigenvalue weighted by Gasteiger charge is -2.11. The summed E-state index contributed by atoms with van der Waals surface area (Å²) in [5.74, 6) is -0.167. The Labute approximate surface area is 107 Å². The maximum atomic E-state index is 13.6. The van der Waals surface area contributed by atoms with Gasteiger partial charge in [-0.05, 0) is 38.0 Å². The summed E-state index contributed by atoms with van der Waals surface area (Å²) in [6.07, 6.45) is 1.24. The third-order valence-corrected chi connectivity index (χ3v) is 2.33. The van der Waals surface area contributed by atoms with E-state index < -0.39 is 5.82 Å². The van der Waals surface area contributed by atoms with Crippen LogP contribution in [-0.4, -0.2) is 12.0 Å². The Morgan fingerprint density at radius 1 is 1.44 bits per heavy atom. The summed E-state index contributed by atoms with van der Waals surface area (Å²) in [4.78, 5) is 11.3. The summed E-state index contributed by atoms with van der Waals surface area (Å²) in [5.41, 5.74) is 0.730. The predicted molar refractivity (Wildman–Crippen MR) is 68.9 cm³/mol. The van der Waals surface area contributed by atoms with E-state index in [4.69, 9.17) is 4.74 Å². The van der Waals surface area contributed by atoms with Gasteiger partial charge in [0.15, 0.2) is 11.6 Å². The molecule has 1 aromatic rings. The van der Waals surface area contributed by atoms with E-state index >= 15 is 0 Å². The molecule has 18 heavy (non-hydrogen) atoms. The van der Waals surface area contributed by atoms with Crippen molar-refractivity contribution < 1.29 is 13.9 Å². The van der Waals surface area contributed by atoms with Crippen molar-refractivity contribution >= 4 is 5.91 Å². The van der Waals surface area contributed by atoms with Gasteiger partial charge in [-0.1, -0.05) is 13.0 Å². The van der Waals surface area contributed by atoms with Crippen molar-refractivity contribution in [2.24, 2.45) is 0 Å². The first-order chi connectivity index (χ1) is 8.52. The number of amides is 1. The van der Waals surface area contributed by atoms with Crippen LogP contribution in [0.4, 0.5) is 4.39 Å². The summed E-state index contributed by atoms with van der Waals surface area (Å²) in [7, 11) is 0. The number of halogens is 1. The molecule has 1 N–H and O–H groups in total. The fraction of sp³-hybridized carbons (Fsp3) is 0.500. The molecule has 0 aliphatic carbocycles. The normalized spacial score (nSPS) is 10.5. The van der Waals surface area contributed by atoms with Gasteiger partial charge in [-0.15, -0.1) is 0 Å². The van der Waals surface area contributed by atoms with Gasteiger partial charge in [0.25, 0.3) is 0 Å². The first kappa shape index (κ1) is 14.5. The van der Waals surface area contributed by atoms with Crippen molar-refractivity contribution in [1.29, 1.82) is 0 Å². The van der Waals surface area contributed by atoms with Crippen LogP contribution in [0.2, 0.25) is 0 Å². The molecular formula is C14H20FNO2. The Hall–Kier alpha value is -1.58. The van der Waals surface area contributed by atoms with E-state index in [-0.39, 0.29) is 17.8 Å². The average molecular weight is 253 g/mol. The highest BCUT2D eigenvalue weighted by Crippen LogP contribution is 2.19. The van der Waals surface area contributed by atoms with Crippen LogP contribution in [0.1, 0.15) is 39.2 Å². The second-order valence-electron chi connectivity index (χ2n) is 4.46. The van der Waals surface area contributed by atoms with Crippen molar-refractivity contribution in [2.75, 3.05) is 0 Å². The molecule has 0 spiro atoms. The topological polar surface area (TPSA) is 38.3 Å². The lowest BCUT2D eigenvalue weighted by atomic mass is 10.2. The fourth-order valence-electron chi connectivity index (χ4n) is 1.52. The fourth-order valence-corrected chi connectivity index (χ4v) is 1.52. The van der Waals surface area contributed by atoms with E-state index in [1.165, 1.54) is 6.07 Å². The van der Waals surface area contributed by atoms with Gasteiger partial charge in [-0.2, -0.15) is 0 Å². The minimum Gasteiger partial charge on any atom is -0.488 e. The minimum atomic E-state index is -0.397. The highest BCUT2D eigenvalue weighted by molar-refractivity contribution is 5.75. The van der Waals surface area contributed by atoms with Crippen LogP contribution >= 0.6 is 0 Å². The molecule has 0 fully saturated rings. The highest BCUT2D eigenvalue weighted by Gasteiger charge is 2.07. The van der Waals surface area contributed by atoms with Crippen LogP contribution in [0.3, 0.4) is 0 Å². The average Bonchev–Trinajstić information content (AvgIpc) is 2.29. The predicted octanol–water partition coefficient (Wildman–Crippen LogP) is 3.03. The van der Waals surface area contributed by atoms with Gasteiger partial charge >= 0.3 is 0 Å². The number of benzene rings is 1. The number of carbonyl (C=O) groups excluding carboxylic acids is 1. The van der Waals surface area contributed by atoms with Gasteiger partial charge in [0, 0.05) is 13.0 Å². The second-order valence-corrected chi connectivity index (χ2v) is 4.46. The molecule has 0 heterocycles. The smallest absolute Gasteiger partial charge is 0.220 e. The number of nitrogens with one attached hydrogen (secondary N) is 1. The van der Waals surface area contributed by atoms with Crippen molar-refractivity contribution in [3.8, 4) is 5.75 Å². The Bertz CT molecular complexity index is 405. The number of rotatable bonds is 6. The molecule has 100 valence electrons. The molecule has 3 nitrogen and oxygen atoms in total. The molecule has 0 aliphatic rings. The first-order valence-corrected chi connectivity index (χ1v) is 6.24. The van der Waals surface area contributed by atoms with Crippen molar-refractivity contribution in [3.63, 3.8) is 0 Å². The largest absolute Gasteiger partial charge is 0.488 e. The van der Waals surface area contributed by atoms with Crippen LogP contribution in [0.15, 0.2) is 18.2 Å². The van der Waals surface area contributed by atoms with Crippen LogP contribution in [0, 0.1) is 5.82 Å². The Balaban J connectivity index is 2.58. The zero-order chi connectivity index (χ0) is 13.5. The summed E-state index contributed by atoms with van der Waals surface area (Å²) >= 11 is 0. The Morgan fingerprint density at radius 3 is 2.72 bits per heavy atom. The summed E-state index contributed by atoms with van der Waals surface area (Å²) in [6.45, 7) is 5.98. The van der Waals surface area contributed by atoms with Crippen LogP contribution < -0.4 is 10.1 Å². The lowest BCUT2D eigenvalue weighted by Crippen LogP contribution is -2.22. The molecule has 4 heteroatoms. The SMILES string of the molecule is CCCC(=O)NCc1ccc(OC(C)C)c(F)c1. The molecule has 0 aliphatic heterocycles. The minimum absolute atomic E-state index is 0.0135. The lowest BCUT2D eigenvalue weighted by molar-refractivity contribution is -0.121. The first-order valence-electron chi connectivity index (χ1n) is 6.24. The molecule has 0 bridgehead atoms. The van der Waals surface area contributed by atoms with Crippen molar-refractivity contribution in [3.05, 3.63) is 29.6 Å². The third kappa shape index (κ3) is 4.73.